The second kappa shape index (κ2) is 8.68. The average Bonchev–Trinajstić information content (AvgIpc) is 3.15. The van der Waals surface area contributed by atoms with Crippen LogP contribution < -0.4 is 4.74 Å². The Bertz CT molecular complexity index is 1100. The molecule has 2 heterocycles. The molecule has 0 bridgehead atoms. The topological polar surface area (TPSA) is 90.8 Å². The molecular formula is C25H26N2O5. The lowest BCUT2D eigenvalue weighted by molar-refractivity contribution is -0.187. The minimum Gasteiger partial charge on any atom is -0.494 e. The molecule has 0 spiro atoms. The molecule has 0 radical (unpaired) electrons. The Kier molecular flexibility index (Phi) is 5.95. The molecule has 7 nitrogen and oxygen atoms in total. The number of hydrogen-bond donors (Lipinski definition) is 1. The lowest BCUT2D eigenvalue weighted by Crippen LogP contribution is -2.39. The summed E-state index contributed by atoms with van der Waals surface area (Å²) in [5.41, 5.74) is 1.59. The molecule has 0 aliphatic carbocycles. The fourth-order valence-corrected chi connectivity index (χ4v) is 3.63. The molecule has 0 saturated carbocycles. The smallest absolute Gasteiger partial charge is 0.343 e. The van der Waals surface area contributed by atoms with Crippen LogP contribution in [0.25, 0.3) is 22.5 Å². The quantitative estimate of drug-likeness (QED) is 0.578. The zero-order valence-electron chi connectivity index (χ0n) is 18.4. The summed E-state index contributed by atoms with van der Waals surface area (Å²) in [4.78, 5) is 21.0. The molecule has 1 fully saturated rings. The van der Waals surface area contributed by atoms with Crippen molar-refractivity contribution in [3.8, 4) is 28.3 Å². The Morgan fingerprint density at radius 3 is 2.38 bits per heavy atom. The van der Waals surface area contributed by atoms with Gasteiger partial charge >= 0.3 is 5.97 Å². The molecular weight excluding hydrogens is 408 g/mol. The molecule has 166 valence electrons. The maximum atomic E-state index is 12.0. The molecule has 32 heavy (non-hydrogen) atoms. The van der Waals surface area contributed by atoms with Gasteiger partial charge < -0.3 is 19.3 Å². The minimum atomic E-state index is -1.52. The van der Waals surface area contributed by atoms with Gasteiger partial charge in [-0.15, -0.1) is 0 Å². The highest BCUT2D eigenvalue weighted by Gasteiger charge is 2.52. The zero-order chi connectivity index (χ0) is 22.8. The molecule has 4 rings (SSSR count). The number of aliphatic carboxylic acids is 1. The monoisotopic (exact) mass is 434 g/mol. The van der Waals surface area contributed by atoms with E-state index in [1.807, 2.05) is 36.4 Å². The van der Waals surface area contributed by atoms with Gasteiger partial charge in [-0.05, 0) is 43.5 Å². The molecule has 3 aromatic rings. The van der Waals surface area contributed by atoms with E-state index in [2.05, 4.69) is 16.9 Å². The summed E-state index contributed by atoms with van der Waals surface area (Å²) in [6.07, 6.45) is 4.45. The Morgan fingerprint density at radius 1 is 1.06 bits per heavy atom. The van der Waals surface area contributed by atoms with Gasteiger partial charge in [-0.2, -0.15) is 0 Å². The Labute approximate surface area is 187 Å². The summed E-state index contributed by atoms with van der Waals surface area (Å²) < 4.78 is 17.0. The summed E-state index contributed by atoms with van der Waals surface area (Å²) in [7, 11) is 0. The van der Waals surface area contributed by atoms with Crippen LogP contribution in [0.4, 0.5) is 0 Å². The highest BCUT2D eigenvalue weighted by molar-refractivity contribution is 5.80. The molecule has 1 aromatic heterocycles. The Balaban J connectivity index is 1.55. The van der Waals surface area contributed by atoms with Gasteiger partial charge in [0.1, 0.15) is 5.75 Å². The number of aromatic nitrogens is 2. The number of hydrogen-bond acceptors (Lipinski definition) is 6. The van der Waals surface area contributed by atoms with Gasteiger partial charge in [0.05, 0.1) is 13.2 Å². The molecule has 7 heteroatoms. The lowest BCUT2D eigenvalue weighted by Gasteiger charge is -2.25. The summed E-state index contributed by atoms with van der Waals surface area (Å²) >= 11 is 0. The third-order valence-corrected chi connectivity index (χ3v) is 5.29. The normalized spacial score (nSPS) is 19.6. The van der Waals surface area contributed by atoms with Crippen molar-refractivity contribution in [1.82, 2.24) is 9.97 Å². The van der Waals surface area contributed by atoms with E-state index in [-0.39, 0.29) is 6.61 Å². The Hall–Kier alpha value is -3.29. The van der Waals surface area contributed by atoms with Gasteiger partial charge in [-0.25, -0.2) is 14.8 Å². The highest BCUT2D eigenvalue weighted by atomic mass is 16.8. The van der Waals surface area contributed by atoms with Crippen molar-refractivity contribution in [2.24, 2.45) is 0 Å². The average molecular weight is 434 g/mol. The van der Waals surface area contributed by atoms with E-state index >= 15 is 0 Å². The SMILES string of the molecule is CCCOc1cccc(-c2ncc(-c3ccc([C@@]4(C(=O)O)COC(C)(C)O4)cc3)cn2)c1. The van der Waals surface area contributed by atoms with Crippen LogP contribution >= 0.6 is 0 Å². The number of nitrogens with zero attached hydrogens (tertiary/aromatic N) is 2. The summed E-state index contributed by atoms with van der Waals surface area (Å²) in [6.45, 7) is 6.09. The fraction of sp³-hybridized carbons (Fsp3) is 0.320. The third kappa shape index (κ3) is 4.35. The van der Waals surface area contributed by atoms with Crippen molar-refractivity contribution in [2.45, 2.75) is 38.6 Å². The number of carboxylic acids is 1. The van der Waals surface area contributed by atoms with Gasteiger partial charge in [0.25, 0.3) is 0 Å². The van der Waals surface area contributed by atoms with Gasteiger partial charge in [0.2, 0.25) is 5.60 Å². The van der Waals surface area contributed by atoms with E-state index in [4.69, 9.17) is 14.2 Å². The first-order valence-corrected chi connectivity index (χ1v) is 10.6. The first-order valence-electron chi connectivity index (χ1n) is 10.6. The van der Waals surface area contributed by atoms with Crippen molar-refractivity contribution in [3.63, 3.8) is 0 Å². The van der Waals surface area contributed by atoms with Crippen LogP contribution in [-0.2, 0) is 19.9 Å². The molecule has 1 aliphatic heterocycles. The molecule has 2 aromatic carbocycles. The van der Waals surface area contributed by atoms with Crippen LogP contribution in [0.2, 0.25) is 0 Å². The maximum absolute atomic E-state index is 12.0. The molecule has 1 aliphatic rings. The second-order valence-corrected chi connectivity index (χ2v) is 8.17. The zero-order valence-corrected chi connectivity index (χ0v) is 18.4. The van der Waals surface area contributed by atoms with Crippen molar-refractivity contribution >= 4 is 5.97 Å². The van der Waals surface area contributed by atoms with E-state index in [1.54, 1.807) is 38.4 Å². The summed E-state index contributed by atoms with van der Waals surface area (Å²) in [5, 5.41) is 9.81. The van der Waals surface area contributed by atoms with Gasteiger partial charge in [0, 0.05) is 23.5 Å². The molecule has 0 unspecified atom stereocenters. The summed E-state index contributed by atoms with van der Waals surface area (Å²) in [5.74, 6) is -0.634. The van der Waals surface area contributed by atoms with Crippen molar-refractivity contribution < 1.29 is 24.1 Å². The van der Waals surface area contributed by atoms with Crippen molar-refractivity contribution in [3.05, 3.63) is 66.5 Å². The molecule has 0 amide bonds. The number of ether oxygens (including phenoxy) is 3. The lowest BCUT2D eigenvalue weighted by atomic mass is 9.93. The van der Waals surface area contributed by atoms with Gasteiger partial charge in [-0.3, -0.25) is 0 Å². The third-order valence-electron chi connectivity index (χ3n) is 5.29. The first kappa shape index (κ1) is 21.9. The predicted octanol–water partition coefficient (Wildman–Crippen LogP) is 4.66. The number of benzene rings is 2. The molecule has 1 N–H and O–H groups in total. The molecule has 1 atom stereocenters. The fourth-order valence-electron chi connectivity index (χ4n) is 3.63. The van der Waals surface area contributed by atoms with E-state index in [0.717, 1.165) is 28.9 Å². The van der Waals surface area contributed by atoms with Gasteiger partial charge in [-0.1, -0.05) is 43.3 Å². The Morgan fingerprint density at radius 2 is 1.78 bits per heavy atom. The van der Waals surface area contributed by atoms with Crippen LogP contribution in [0.5, 0.6) is 5.75 Å². The van der Waals surface area contributed by atoms with E-state index in [1.165, 1.54) is 0 Å². The standard InChI is InChI=1S/C25H26N2O5/c1-4-12-30-21-7-5-6-18(13-21)22-26-14-19(15-27-22)17-8-10-20(11-9-17)25(23(28)29)16-31-24(2,3)32-25/h5-11,13-15H,4,12,16H2,1-3H3,(H,28,29)/t25-/m1/s1. The van der Waals surface area contributed by atoms with Crippen LogP contribution in [0.1, 0.15) is 32.8 Å². The number of rotatable bonds is 7. The summed E-state index contributed by atoms with van der Waals surface area (Å²) in [6, 6.07) is 14.9. The van der Waals surface area contributed by atoms with Crippen LogP contribution in [-0.4, -0.2) is 40.0 Å². The highest BCUT2D eigenvalue weighted by Crippen LogP contribution is 2.39. The van der Waals surface area contributed by atoms with Crippen molar-refractivity contribution in [1.29, 1.82) is 0 Å². The van der Waals surface area contributed by atoms with Crippen molar-refractivity contribution in [2.75, 3.05) is 13.2 Å². The van der Waals surface area contributed by atoms with E-state index in [0.29, 0.717) is 18.0 Å². The number of carbonyl (C=O) groups is 1. The minimum absolute atomic E-state index is 0.0481. The maximum Gasteiger partial charge on any atom is 0.343 e. The largest absolute Gasteiger partial charge is 0.494 e. The van der Waals surface area contributed by atoms with Crippen LogP contribution in [0, 0.1) is 0 Å². The predicted molar refractivity (Wildman–Crippen MR) is 119 cm³/mol. The van der Waals surface area contributed by atoms with E-state index < -0.39 is 17.4 Å². The number of carboxylic acid groups (broad SMARTS) is 1. The van der Waals surface area contributed by atoms with E-state index in [9.17, 15) is 9.90 Å². The second-order valence-electron chi connectivity index (χ2n) is 8.17. The van der Waals surface area contributed by atoms with Gasteiger partial charge in [0.15, 0.2) is 11.6 Å². The first-order chi connectivity index (χ1) is 15.3. The molecule has 1 saturated heterocycles. The van der Waals surface area contributed by atoms with Crippen LogP contribution in [0.15, 0.2) is 60.9 Å². The van der Waals surface area contributed by atoms with Crippen LogP contribution in [0.3, 0.4) is 0 Å².